The molecule has 19 heavy (non-hydrogen) atoms. The molecule has 0 radical (unpaired) electrons. The molecule has 3 N–H and O–H groups in total. The highest BCUT2D eigenvalue weighted by molar-refractivity contribution is 6.32. The molecule has 0 aliphatic rings. The lowest BCUT2D eigenvalue weighted by Gasteiger charge is -2.20. The van der Waals surface area contributed by atoms with Crippen molar-refractivity contribution in [1.82, 2.24) is 0 Å². The van der Waals surface area contributed by atoms with Gasteiger partial charge in [-0.1, -0.05) is 36.7 Å². The molecule has 2 aromatic rings. The number of aromatic hydroxyl groups is 2. The van der Waals surface area contributed by atoms with E-state index in [0.717, 1.165) is 17.7 Å². The maximum absolute atomic E-state index is 9.88. The number of halogens is 1. The minimum absolute atomic E-state index is 0.0122. The molecule has 1 atom stereocenters. The van der Waals surface area contributed by atoms with Crippen molar-refractivity contribution in [2.45, 2.75) is 19.4 Å². The summed E-state index contributed by atoms with van der Waals surface area (Å²) in [4.78, 5) is 0. The van der Waals surface area contributed by atoms with Crippen molar-refractivity contribution < 1.29 is 10.2 Å². The molecule has 0 heterocycles. The average molecular weight is 278 g/mol. The predicted molar refractivity (Wildman–Crippen MR) is 77.9 cm³/mol. The van der Waals surface area contributed by atoms with Gasteiger partial charge in [0.15, 0.2) is 0 Å². The highest BCUT2D eigenvalue weighted by atomic mass is 35.5. The van der Waals surface area contributed by atoms with Crippen LogP contribution in [0.1, 0.15) is 24.9 Å². The van der Waals surface area contributed by atoms with E-state index in [2.05, 4.69) is 5.32 Å². The summed E-state index contributed by atoms with van der Waals surface area (Å²) in [5, 5.41) is 22.9. The first-order valence-corrected chi connectivity index (χ1v) is 6.52. The van der Waals surface area contributed by atoms with E-state index >= 15 is 0 Å². The summed E-state index contributed by atoms with van der Waals surface area (Å²) in [6.07, 6.45) is 0.816. The van der Waals surface area contributed by atoms with Crippen molar-refractivity contribution in [3.8, 4) is 11.5 Å². The maximum atomic E-state index is 9.88. The summed E-state index contributed by atoms with van der Waals surface area (Å²) in [7, 11) is 0. The van der Waals surface area contributed by atoms with Gasteiger partial charge in [-0.3, -0.25) is 0 Å². The van der Waals surface area contributed by atoms with Crippen molar-refractivity contribution in [2.75, 3.05) is 5.32 Å². The smallest absolute Gasteiger partial charge is 0.134 e. The SMILES string of the molecule is CCC(Nc1ccc(O)c(Cl)c1)c1ccccc1O. The van der Waals surface area contributed by atoms with E-state index in [1.165, 1.54) is 0 Å². The van der Waals surface area contributed by atoms with E-state index in [9.17, 15) is 10.2 Å². The van der Waals surface area contributed by atoms with Gasteiger partial charge < -0.3 is 15.5 Å². The summed E-state index contributed by atoms with van der Waals surface area (Å²) in [6.45, 7) is 2.03. The van der Waals surface area contributed by atoms with Gasteiger partial charge in [0.1, 0.15) is 11.5 Å². The van der Waals surface area contributed by atoms with E-state index < -0.39 is 0 Å². The number of phenolic OH excluding ortho intramolecular Hbond substituents is 2. The van der Waals surface area contributed by atoms with Gasteiger partial charge in [-0.2, -0.15) is 0 Å². The van der Waals surface area contributed by atoms with Gasteiger partial charge in [-0.25, -0.2) is 0 Å². The molecule has 3 nitrogen and oxygen atoms in total. The fourth-order valence-corrected chi connectivity index (χ4v) is 2.16. The molecule has 0 aliphatic carbocycles. The van der Waals surface area contributed by atoms with Gasteiger partial charge in [0.05, 0.1) is 11.1 Å². The average Bonchev–Trinajstić information content (AvgIpc) is 2.41. The molecule has 0 fully saturated rings. The molecule has 0 bridgehead atoms. The zero-order valence-electron chi connectivity index (χ0n) is 10.6. The zero-order valence-corrected chi connectivity index (χ0v) is 11.4. The van der Waals surface area contributed by atoms with Gasteiger partial charge in [-0.15, -0.1) is 0 Å². The minimum Gasteiger partial charge on any atom is -0.508 e. The number of benzene rings is 2. The fourth-order valence-electron chi connectivity index (χ4n) is 1.98. The van der Waals surface area contributed by atoms with Crippen LogP contribution in [0.5, 0.6) is 11.5 Å². The molecule has 0 saturated heterocycles. The number of hydrogen-bond acceptors (Lipinski definition) is 3. The molecule has 0 saturated carbocycles. The zero-order chi connectivity index (χ0) is 13.8. The van der Waals surface area contributed by atoms with E-state index in [1.807, 2.05) is 19.1 Å². The molecule has 100 valence electrons. The van der Waals surface area contributed by atoms with E-state index in [4.69, 9.17) is 11.6 Å². The Balaban J connectivity index is 2.24. The first-order valence-electron chi connectivity index (χ1n) is 6.14. The van der Waals surface area contributed by atoms with Crippen LogP contribution < -0.4 is 5.32 Å². The van der Waals surface area contributed by atoms with Gasteiger partial charge in [0, 0.05) is 11.3 Å². The third-order valence-electron chi connectivity index (χ3n) is 3.01. The van der Waals surface area contributed by atoms with Crippen LogP contribution in [0, 0.1) is 0 Å². The summed E-state index contributed by atoms with van der Waals surface area (Å²) < 4.78 is 0. The Morgan fingerprint density at radius 2 is 1.84 bits per heavy atom. The second-order valence-electron chi connectivity index (χ2n) is 4.33. The Labute approximate surface area is 117 Å². The van der Waals surface area contributed by atoms with Crippen LogP contribution in [-0.4, -0.2) is 10.2 Å². The van der Waals surface area contributed by atoms with Crippen LogP contribution in [-0.2, 0) is 0 Å². The predicted octanol–water partition coefficient (Wildman–Crippen LogP) is 4.31. The Kier molecular flexibility index (Phi) is 4.17. The van der Waals surface area contributed by atoms with Gasteiger partial charge in [0.25, 0.3) is 0 Å². The molecule has 2 aromatic carbocycles. The molecule has 1 unspecified atom stereocenters. The molecule has 0 amide bonds. The summed E-state index contributed by atoms with van der Waals surface area (Å²) >= 11 is 5.88. The van der Waals surface area contributed by atoms with Crippen LogP contribution >= 0.6 is 11.6 Å². The Morgan fingerprint density at radius 1 is 1.11 bits per heavy atom. The van der Waals surface area contributed by atoms with Crippen molar-refractivity contribution >= 4 is 17.3 Å². The van der Waals surface area contributed by atoms with E-state index in [-0.39, 0.29) is 17.5 Å². The lowest BCUT2D eigenvalue weighted by atomic mass is 10.0. The third-order valence-corrected chi connectivity index (χ3v) is 3.31. The largest absolute Gasteiger partial charge is 0.508 e. The molecule has 0 aliphatic heterocycles. The Hall–Kier alpha value is -1.87. The lowest BCUT2D eigenvalue weighted by Crippen LogP contribution is -2.09. The maximum Gasteiger partial charge on any atom is 0.134 e. The molecule has 0 spiro atoms. The van der Waals surface area contributed by atoms with Gasteiger partial charge in [-0.05, 0) is 30.7 Å². The number of para-hydroxylation sites is 1. The third kappa shape index (κ3) is 3.12. The highest BCUT2D eigenvalue weighted by Gasteiger charge is 2.13. The normalized spacial score (nSPS) is 12.1. The first-order chi connectivity index (χ1) is 9.11. The molecular formula is C15H16ClNO2. The quantitative estimate of drug-likeness (QED) is 0.730. The summed E-state index contributed by atoms with van der Waals surface area (Å²) in [5.41, 5.74) is 1.65. The Morgan fingerprint density at radius 3 is 2.47 bits per heavy atom. The number of nitrogens with one attached hydrogen (secondary N) is 1. The van der Waals surface area contributed by atoms with Gasteiger partial charge in [0.2, 0.25) is 0 Å². The minimum atomic E-state index is -0.0122. The topological polar surface area (TPSA) is 52.5 Å². The van der Waals surface area contributed by atoms with Crippen LogP contribution in [0.2, 0.25) is 5.02 Å². The summed E-state index contributed by atoms with van der Waals surface area (Å²) in [5.74, 6) is 0.328. The number of anilines is 1. The van der Waals surface area contributed by atoms with Crippen molar-refractivity contribution in [3.05, 3.63) is 53.1 Å². The van der Waals surface area contributed by atoms with Crippen LogP contribution in [0.25, 0.3) is 0 Å². The lowest BCUT2D eigenvalue weighted by molar-refractivity contribution is 0.462. The molecule has 0 aromatic heterocycles. The van der Waals surface area contributed by atoms with E-state index in [1.54, 1.807) is 30.3 Å². The van der Waals surface area contributed by atoms with Crippen LogP contribution in [0.3, 0.4) is 0 Å². The molecule has 4 heteroatoms. The van der Waals surface area contributed by atoms with Gasteiger partial charge >= 0.3 is 0 Å². The number of hydrogen-bond donors (Lipinski definition) is 3. The summed E-state index contributed by atoms with van der Waals surface area (Å²) in [6, 6.07) is 12.2. The highest BCUT2D eigenvalue weighted by Crippen LogP contribution is 2.32. The second kappa shape index (κ2) is 5.85. The molecular weight excluding hydrogens is 262 g/mol. The Bertz CT molecular complexity index is 572. The van der Waals surface area contributed by atoms with Crippen LogP contribution in [0.4, 0.5) is 5.69 Å². The van der Waals surface area contributed by atoms with Crippen LogP contribution in [0.15, 0.2) is 42.5 Å². The van der Waals surface area contributed by atoms with Crippen molar-refractivity contribution in [2.24, 2.45) is 0 Å². The van der Waals surface area contributed by atoms with Crippen molar-refractivity contribution in [3.63, 3.8) is 0 Å². The second-order valence-corrected chi connectivity index (χ2v) is 4.74. The number of rotatable bonds is 4. The molecule has 2 rings (SSSR count). The number of phenols is 2. The monoisotopic (exact) mass is 277 g/mol. The van der Waals surface area contributed by atoms with E-state index in [0.29, 0.717) is 5.02 Å². The first kappa shape index (κ1) is 13.6. The standard InChI is InChI=1S/C15H16ClNO2/c1-2-13(11-5-3-4-6-14(11)18)17-10-7-8-15(19)12(16)9-10/h3-9,13,17-19H,2H2,1H3. The van der Waals surface area contributed by atoms with Crippen molar-refractivity contribution in [1.29, 1.82) is 0 Å². The fraction of sp³-hybridized carbons (Fsp3) is 0.200.